The van der Waals surface area contributed by atoms with Crippen LogP contribution in [0.25, 0.3) is 10.8 Å². The van der Waals surface area contributed by atoms with E-state index in [0.717, 1.165) is 18.7 Å². The number of fused-ring (bicyclic) bond motifs is 1. The van der Waals surface area contributed by atoms with Gasteiger partial charge >= 0.3 is 0 Å². The number of hydrogen-bond acceptors (Lipinski definition) is 4. The number of anilines is 1. The normalized spacial score (nSPS) is 10.7. The molecule has 6 nitrogen and oxygen atoms in total. The van der Waals surface area contributed by atoms with Crippen LogP contribution >= 0.6 is 0 Å². The van der Waals surface area contributed by atoms with Crippen molar-refractivity contribution in [2.24, 2.45) is 7.05 Å². The molecule has 1 N–H and O–H groups in total. The van der Waals surface area contributed by atoms with Crippen molar-refractivity contribution in [3.63, 3.8) is 0 Å². The van der Waals surface area contributed by atoms with Crippen molar-refractivity contribution < 1.29 is 4.79 Å². The lowest BCUT2D eigenvalue weighted by Crippen LogP contribution is -2.31. The minimum atomic E-state index is -0.265. The number of nitrogens with zero attached hydrogens (tertiary/aromatic N) is 3. The van der Waals surface area contributed by atoms with Crippen molar-refractivity contribution in [2.75, 3.05) is 25.0 Å². The first-order valence-corrected chi connectivity index (χ1v) is 8.58. The molecule has 0 fully saturated rings. The Hall–Kier alpha value is -3.15. The molecular weight excluding hydrogens is 328 g/mol. The fourth-order valence-electron chi connectivity index (χ4n) is 2.88. The highest BCUT2D eigenvalue weighted by atomic mass is 16.2. The van der Waals surface area contributed by atoms with E-state index in [0.29, 0.717) is 17.3 Å². The molecule has 1 amide bonds. The van der Waals surface area contributed by atoms with Gasteiger partial charge in [0.15, 0.2) is 5.69 Å². The minimum Gasteiger partial charge on any atom is -0.375 e. The van der Waals surface area contributed by atoms with Crippen LogP contribution in [-0.4, -0.2) is 35.8 Å². The van der Waals surface area contributed by atoms with Gasteiger partial charge in [0.25, 0.3) is 11.5 Å². The lowest BCUT2D eigenvalue weighted by molar-refractivity contribution is 0.0948. The highest BCUT2D eigenvalue weighted by Gasteiger charge is 2.15. The quantitative estimate of drug-likeness (QED) is 0.692. The fourth-order valence-corrected chi connectivity index (χ4v) is 2.88. The average molecular weight is 350 g/mol. The summed E-state index contributed by atoms with van der Waals surface area (Å²) in [6, 6.07) is 17.2. The van der Waals surface area contributed by atoms with Gasteiger partial charge in [-0.05, 0) is 24.6 Å². The second kappa shape index (κ2) is 7.82. The van der Waals surface area contributed by atoms with Crippen LogP contribution < -0.4 is 15.8 Å². The van der Waals surface area contributed by atoms with Gasteiger partial charge < -0.3 is 10.2 Å². The molecule has 2 aromatic carbocycles. The molecule has 1 heterocycles. The van der Waals surface area contributed by atoms with Gasteiger partial charge in [-0.1, -0.05) is 36.4 Å². The van der Waals surface area contributed by atoms with Crippen LogP contribution in [0.5, 0.6) is 0 Å². The van der Waals surface area contributed by atoms with Gasteiger partial charge in [-0.15, -0.1) is 0 Å². The highest BCUT2D eigenvalue weighted by molar-refractivity contribution is 6.04. The number of amides is 1. The largest absolute Gasteiger partial charge is 0.375 e. The van der Waals surface area contributed by atoms with Crippen molar-refractivity contribution in [1.29, 1.82) is 0 Å². The molecule has 0 atom stereocenters. The second-order valence-electron chi connectivity index (χ2n) is 6.19. The smallest absolute Gasteiger partial charge is 0.274 e. The Morgan fingerprint density at radius 3 is 2.46 bits per heavy atom. The van der Waals surface area contributed by atoms with E-state index in [9.17, 15) is 9.59 Å². The second-order valence-corrected chi connectivity index (χ2v) is 6.19. The molecule has 0 saturated carbocycles. The van der Waals surface area contributed by atoms with E-state index in [1.165, 1.54) is 4.68 Å². The Balaban J connectivity index is 1.63. The third kappa shape index (κ3) is 3.74. The van der Waals surface area contributed by atoms with E-state index in [4.69, 9.17) is 0 Å². The maximum absolute atomic E-state index is 12.5. The zero-order valence-electron chi connectivity index (χ0n) is 15.0. The Bertz CT molecular complexity index is 966. The summed E-state index contributed by atoms with van der Waals surface area (Å²) in [6.07, 6.45) is 0.806. The monoisotopic (exact) mass is 350 g/mol. The molecule has 0 bridgehead atoms. The van der Waals surface area contributed by atoms with Gasteiger partial charge in [0.1, 0.15) is 0 Å². The summed E-state index contributed by atoms with van der Waals surface area (Å²) in [6.45, 7) is 1.36. The van der Waals surface area contributed by atoms with Crippen molar-refractivity contribution in [3.05, 3.63) is 70.6 Å². The summed E-state index contributed by atoms with van der Waals surface area (Å²) in [5.41, 5.74) is 1.21. The number of hydrogen-bond donors (Lipinski definition) is 1. The first-order valence-electron chi connectivity index (χ1n) is 8.58. The molecule has 0 spiro atoms. The number of benzene rings is 2. The van der Waals surface area contributed by atoms with Crippen LogP contribution in [0, 0.1) is 0 Å². The van der Waals surface area contributed by atoms with Crippen molar-refractivity contribution in [1.82, 2.24) is 15.1 Å². The van der Waals surface area contributed by atoms with E-state index in [1.54, 1.807) is 31.3 Å². The third-order valence-corrected chi connectivity index (χ3v) is 4.32. The summed E-state index contributed by atoms with van der Waals surface area (Å²) in [4.78, 5) is 26.8. The molecule has 0 aliphatic rings. The number of carbonyl (C=O) groups excluding carboxylic acids is 1. The lowest BCUT2D eigenvalue weighted by atomic mass is 10.1. The van der Waals surface area contributed by atoms with E-state index in [2.05, 4.69) is 27.4 Å². The first-order chi connectivity index (χ1) is 12.6. The summed E-state index contributed by atoms with van der Waals surface area (Å²) in [5.74, 6) is -0.265. The molecule has 3 aromatic rings. The Kier molecular flexibility index (Phi) is 5.31. The minimum absolute atomic E-state index is 0.207. The van der Waals surface area contributed by atoms with Gasteiger partial charge in [0.05, 0.1) is 5.39 Å². The molecule has 0 unspecified atom stereocenters. The van der Waals surface area contributed by atoms with Gasteiger partial charge in [0.2, 0.25) is 0 Å². The molecule has 0 radical (unpaired) electrons. The average Bonchev–Trinajstić information content (AvgIpc) is 2.68. The maximum atomic E-state index is 12.5. The number of para-hydroxylation sites is 1. The van der Waals surface area contributed by atoms with Crippen LogP contribution in [0.4, 0.5) is 5.69 Å². The molecule has 134 valence electrons. The summed E-state index contributed by atoms with van der Waals surface area (Å²) >= 11 is 0. The van der Waals surface area contributed by atoms with Gasteiger partial charge in [-0.25, -0.2) is 4.68 Å². The molecule has 26 heavy (non-hydrogen) atoms. The molecule has 0 saturated heterocycles. The first kappa shape index (κ1) is 17.7. The number of nitrogens with one attached hydrogen (secondary N) is 1. The molecule has 3 rings (SSSR count). The SMILES string of the molecule is CN(CCCNC(=O)c1nn(C)c(=O)c2ccccc12)c1ccccc1. The summed E-state index contributed by atoms with van der Waals surface area (Å²) in [5, 5.41) is 8.12. The number of rotatable bonds is 6. The van der Waals surface area contributed by atoms with E-state index >= 15 is 0 Å². The Morgan fingerprint density at radius 1 is 1.08 bits per heavy atom. The lowest BCUT2D eigenvalue weighted by Gasteiger charge is -2.19. The highest BCUT2D eigenvalue weighted by Crippen LogP contribution is 2.13. The van der Waals surface area contributed by atoms with Crippen LogP contribution in [0.3, 0.4) is 0 Å². The standard InChI is InChI=1S/C20H22N4O2/c1-23(15-9-4-3-5-10-15)14-8-13-21-19(25)18-16-11-6-7-12-17(16)20(26)24(2)22-18/h3-7,9-12H,8,13-14H2,1-2H3,(H,21,25). The number of aromatic nitrogens is 2. The number of aryl methyl sites for hydroxylation is 1. The maximum Gasteiger partial charge on any atom is 0.274 e. The molecule has 6 heteroatoms. The Morgan fingerprint density at radius 2 is 1.73 bits per heavy atom. The molecule has 0 aliphatic carbocycles. The topological polar surface area (TPSA) is 67.2 Å². The van der Waals surface area contributed by atoms with Gasteiger partial charge in [0, 0.05) is 38.3 Å². The Labute approximate surface area is 152 Å². The van der Waals surface area contributed by atoms with Crippen molar-refractivity contribution >= 4 is 22.4 Å². The molecule has 1 aromatic heterocycles. The summed E-state index contributed by atoms with van der Waals surface area (Å²) < 4.78 is 1.21. The zero-order valence-corrected chi connectivity index (χ0v) is 15.0. The van der Waals surface area contributed by atoms with Gasteiger partial charge in [-0.2, -0.15) is 5.10 Å². The van der Waals surface area contributed by atoms with Crippen LogP contribution in [0.1, 0.15) is 16.9 Å². The summed E-state index contributed by atoms with van der Waals surface area (Å²) in [7, 11) is 3.58. The third-order valence-electron chi connectivity index (χ3n) is 4.32. The van der Waals surface area contributed by atoms with Crippen LogP contribution in [0.2, 0.25) is 0 Å². The van der Waals surface area contributed by atoms with E-state index in [1.807, 2.05) is 25.2 Å². The predicted molar refractivity (Wildman–Crippen MR) is 104 cm³/mol. The fraction of sp³-hybridized carbons (Fsp3) is 0.250. The van der Waals surface area contributed by atoms with E-state index in [-0.39, 0.29) is 17.2 Å². The van der Waals surface area contributed by atoms with E-state index < -0.39 is 0 Å². The molecule has 0 aliphatic heterocycles. The number of carbonyl (C=O) groups is 1. The predicted octanol–water partition coefficient (Wildman–Crippen LogP) is 2.19. The van der Waals surface area contributed by atoms with Crippen molar-refractivity contribution in [3.8, 4) is 0 Å². The zero-order chi connectivity index (χ0) is 18.5. The van der Waals surface area contributed by atoms with Gasteiger partial charge in [-0.3, -0.25) is 9.59 Å². The van der Waals surface area contributed by atoms with Crippen LogP contribution in [0.15, 0.2) is 59.4 Å². The molecular formula is C20H22N4O2. The van der Waals surface area contributed by atoms with Crippen molar-refractivity contribution in [2.45, 2.75) is 6.42 Å². The van der Waals surface area contributed by atoms with Crippen LogP contribution in [-0.2, 0) is 7.05 Å².